The van der Waals surface area contributed by atoms with Gasteiger partial charge < -0.3 is 5.32 Å². The van der Waals surface area contributed by atoms with Gasteiger partial charge in [-0.1, -0.05) is 41.5 Å². The van der Waals surface area contributed by atoms with Crippen LogP contribution in [0.15, 0.2) is 0 Å². The Labute approximate surface area is 102 Å². The second kappa shape index (κ2) is 5.50. The maximum absolute atomic E-state index is 3.72. The summed E-state index contributed by atoms with van der Waals surface area (Å²) >= 11 is 0. The molecule has 2 heteroatoms. The fraction of sp³-hybridized carbons (Fsp3) is 1.00. The van der Waals surface area contributed by atoms with Gasteiger partial charge in [0.05, 0.1) is 0 Å². The summed E-state index contributed by atoms with van der Waals surface area (Å²) in [6.45, 7) is 17.6. The molecule has 1 saturated heterocycles. The van der Waals surface area contributed by atoms with E-state index >= 15 is 0 Å². The minimum absolute atomic E-state index is 0.379. The van der Waals surface area contributed by atoms with Crippen molar-refractivity contribution in [3.05, 3.63) is 0 Å². The Balaban J connectivity index is 2.67. The average molecular weight is 226 g/mol. The van der Waals surface area contributed by atoms with Crippen molar-refractivity contribution in [2.24, 2.45) is 11.3 Å². The third-order valence-electron chi connectivity index (χ3n) is 3.76. The van der Waals surface area contributed by atoms with Crippen molar-refractivity contribution in [3.8, 4) is 0 Å². The molecule has 1 heterocycles. The molecule has 0 aromatic heterocycles. The lowest BCUT2D eigenvalue weighted by Gasteiger charge is -2.47. The summed E-state index contributed by atoms with van der Waals surface area (Å²) in [4.78, 5) is 2.70. The Kier molecular flexibility index (Phi) is 4.81. The van der Waals surface area contributed by atoms with Gasteiger partial charge in [0, 0.05) is 25.2 Å². The number of piperazine rings is 1. The monoisotopic (exact) mass is 226 g/mol. The smallest absolute Gasteiger partial charge is 0.0269 e. The molecule has 0 aromatic carbocycles. The first-order chi connectivity index (χ1) is 7.36. The van der Waals surface area contributed by atoms with E-state index in [-0.39, 0.29) is 0 Å². The molecule has 0 aliphatic carbocycles. The molecule has 0 aromatic rings. The van der Waals surface area contributed by atoms with E-state index in [1.807, 2.05) is 0 Å². The van der Waals surface area contributed by atoms with Crippen LogP contribution in [0, 0.1) is 11.3 Å². The van der Waals surface area contributed by atoms with Crippen LogP contribution in [0.4, 0.5) is 0 Å². The molecule has 1 aliphatic heterocycles. The van der Waals surface area contributed by atoms with Gasteiger partial charge in [-0.05, 0) is 24.3 Å². The minimum atomic E-state index is 0.379. The predicted octanol–water partition coefficient (Wildman–Crippen LogP) is 2.74. The molecule has 1 aliphatic rings. The van der Waals surface area contributed by atoms with Crippen molar-refractivity contribution in [2.45, 2.75) is 60.0 Å². The van der Waals surface area contributed by atoms with Gasteiger partial charge >= 0.3 is 0 Å². The molecule has 0 radical (unpaired) electrons. The van der Waals surface area contributed by atoms with Crippen LogP contribution in [0.1, 0.15) is 48.0 Å². The van der Waals surface area contributed by atoms with Crippen molar-refractivity contribution in [1.82, 2.24) is 10.2 Å². The molecule has 0 amide bonds. The predicted molar refractivity (Wildman–Crippen MR) is 71.7 cm³/mol. The highest BCUT2D eigenvalue weighted by Crippen LogP contribution is 2.27. The number of nitrogens with one attached hydrogen (secondary N) is 1. The molecule has 0 spiro atoms. The van der Waals surface area contributed by atoms with E-state index in [4.69, 9.17) is 0 Å². The maximum atomic E-state index is 3.72. The molecule has 96 valence electrons. The first kappa shape index (κ1) is 14.0. The van der Waals surface area contributed by atoms with E-state index in [1.165, 1.54) is 19.5 Å². The van der Waals surface area contributed by atoms with Gasteiger partial charge in [0.25, 0.3) is 0 Å². The fourth-order valence-electron chi connectivity index (χ4n) is 2.67. The Hall–Kier alpha value is -0.0800. The highest BCUT2D eigenvalue weighted by atomic mass is 15.2. The maximum Gasteiger partial charge on any atom is 0.0269 e. The van der Waals surface area contributed by atoms with E-state index < -0.39 is 0 Å². The molecule has 16 heavy (non-hydrogen) atoms. The Morgan fingerprint density at radius 1 is 1.31 bits per heavy atom. The van der Waals surface area contributed by atoms with Crippen molar-refractivity contribution in [1.29, 1.82) is 0 Å². The van der Waals surface area contributed by atoms with Crippen LogP contribution < -0.4 is 5.32 Å². The molecule has 0 bridgehead atoms. The van der Waals surface area contributed by atoms with E-state index in [2.05, 4.69) is 51.8 Å². The first-order valence-electron chi connectivity index (χ1n) is 6.83. The molecule has 1 fully saturated rings. The lowest BCUT2D eigenvalue weighted by atomic mass is 9.83. The Morgan fingerprint density at radius 2 is 1.94 bits per heavy atom. The lowest BCUT2D eigenvalue weighted by molar-refractivity contribution is 0.0464. The molecule has 1 rings (SSSR count). The summed E-state index contributed by atoms with van der Waals surface area (Å²) in [6.07, 6.45) is 1.26. The SMILES string of the molecule is CCCN1CC(C(C)C)NCC1C(C)(C)C. The highest BCUT2D eigenvalue weighted by Gasteiger charge is 2.35. The summed E-state index contributed by atoms with van der Waals surface area (Å²) in [6, 6.07) is 1.35. The van der Waals surface area contributed by atoms with Crippen LogP contribution in [-0.4, -0.2) is 36.6 Å². The molecule has 2 nitrogen and oxygen atoms in total. The number of hydrogen-bond acceptors (Lipinski definition) is 2. The highest BCUT2D eigenvalue weighted by molar-refractivity contribution is 4.93. The van der Waals surface area contributed by atoms with Gasteiger partial charge in [-0.2, -0.15) is 0 Å². The van der Waals surface area contributed by atoms with E-state index in [0.29, 0.717) is 17.5 Å². The summed E-state index contributed by atoms with van der Waals surface area (Å²) in [5.41, 5.74) is 0.379. The minimum Gasteiger partial charge on any atom is -0.311 e. The second-order valence-corrected chi connectivity index (χ2v) is 6.64. The number of nitrogens with zero attached hydrogens (tertiary/aromatic N) is 1. The second-order valence-electron chi connectivity index (χ2n) is 6.64. The van der Waals surface area contributed by atoms with Crippen LogP contribution in [0.25, 0.3) is 0 Å². The number of rotatable bonds is 3. The zero-order chi connectivity index (χ0) is 12.3. The molecule has 2 unspecified atom stereocenters. The van der Waals surface area contributed by atoms with Gasteiger partial charge in [-0.15, -0.1) is 0 Å². The average Bonchev–Trinajstić information content (AvgIpc) is 2.16. The topological polar surface area (TPSA) is 15.3 Å². The largest absolute Gasteiger partial charge is 0.311 e. The number of hydrogen-bond donors (Lipinski definition) is 1. The van der Waals surface area contributed by atoms with Gasteiger partial charge in [-0.3, -0.25) is 4.90 Å². The molecule has 2 atom stereocenters. The van der Waals surface area contributed by atoms with Crippen molar-refractivity contribution >= 4 is 0 Å². The lowest BCUT2D eigenvalue weighted by Crippen LogP contribution is -2.61. The van der Waals surface area contributed by atoms with Gasteiger partial charge in [-0.25, -0.2) is 0 Å². The standard InChI is InChI=1S/C14H30N2/c1-7-8-16-10-12(11(2)3)15-9-13(16)14(4,5)6/h11-13,15H,7-10H2,1-6H3. The normalized spacial score (nSPS) is 28.7. The van der Waals surface area contributed by atoms with Crippen LogP contribution in [0.5, 0.6) is 0 Å². The molecular weight excluding hydrogens is 196 g/mol. The van der Waals surface area contributed by atoms with Crippen molar-refractivity contribution < 1.29 is 0 Å². The Bertz CT molecular complexity index is 205. The van der Waals surface area contributed by atoms with Crippen LogP contribution in [-0.2, 0) is 0 Å². The first-order valence-corrected chi connectivity index (χ1v) is 6.83. The zero-order valence-corrected chi connectivity index (χ0v) is 12.0. The van der Waals surface area contributed by atoms with E-state index in [0.717, 1.165) is 12.5 Å². The fourth-order valence-corrected chi connectivity index (χ4v) is 2.67. The van der Waals surface area contributed by atoms with Crippen LogP contribution >= 0.6 is 0 Å². The Morgan fingerprint density at radius 3 is 2.38 bits per heavy atom. The molecular formula is C14H30N2. The van der Waals surface area contributed by atoms with Gasteiger partial charge in [0.2, 0.25) is 0 Å². The molecule has 1 N–H and O–H groups in total. The quantitative estimate of drug-likeness (QED) is 0.796. The third-order valence-corrected chi connectivity index (χ3v) is 3.76. The summed E-state index contributed by atoms with van der Waals surface area (Å²) in [5.74, 6) is 0.736. The third kappa shape index (κ3) is 3.46. The summed E-state index contributed by atoms with van der Waals surface area (Å²) < 4.78 is 0. The summed E-state index contributed by atoms with van der Waals surface area (Å²) in [7, 11) is 0. The van der Waals surface area contributed by atoms with Gasteiger partial charge in [0.15, 0.2) is 0 Å². The summed E-state index contributed by atoms with van der Waals surface area (Å²) in [5, 5.41) is 3.72. The van der Waals surface area contributed by atoms with Crippen LogP contribution in [0.2, 0.25) is 0 Å². The zero-order valence-electron chi connectivity index (χ0n) is 12.0. The van der Waals surface area contributed by atoms with Crippen molar-refractivity contribution in [2.75, 3.05) is 19.6 Å². The van der Waals surface area contributed by atoms with Crippen LogP contribution in [0.3, 0.4) is 0 Å². The molecule has 0 saturated carbocycles. The van der Waals surface area contributed by atoms with Crippen molar-refractivity contribution in [3.63, 3.8) is 0 Å². The van der Waals surface area contributed by atoms with E-state index in [9.17, 15) is 0 Å². The van der Waals surface area contributed by atoms with E-state index in [1.54, 1.807) is 0 Å². The van der Waals surface area contributed by atoms with Gasteiger partial charge in [0.1, 0.15) is 0 Å².